The van der Waals surface area contributed by atoms with Crippen LogP contribution in [-0.2, 0) is 10.0 Å². The van der Waals surface area contributed by atoms with Gasteiger partial charge in [-0.25, -0.2) is 17.5 Å². The highest BCUT2D eigenvalue weighted by atomic mass is 32.2. The zero-order chi connectivity index (χ0) is 14.5. The molecular weight excluding hydrogens is 271 g/mol. The minimum Gasteiger partial charge on any atom is -0.497 e. The van der Waals surface area contributed by atoms with Crippen LogP contribution in [-0.4, -0.2) is 34.9 Å². The fraction of sp³-hybridized carbons (Fsp3) is 0.500. The first-order valence-electron chi connectivity index (χ1n) is 5.87. The van der Waals surface area contributed by atoms with Crippen molar-refractivity contribution >= 4 is 10.0 Å². The van der Waals surface area contributed by atoms with E-state index in [1.807, 2.05) is 0 Å². The van der Waals surface area contributed by atoms with Crippen molar-refractivity contribution in [2.75, 3.05) is 26.5 Å². The zero-order valence-corrected chi connectivity index (χ0v) is 12.1. The summed E-state index contributed by atoms with van der Waals surface area (Å²) in [5.41, 5.74) is 0.475. The molecular formula is C12H19FN2O3S. The van der Waals surface area contributed by atoms with Gasteiger partial charge < -0.3 is 10.1 Å². The van der Waals surface area contributed by atoms with Crippen molar-refractivity contribution < 1.29 is 17.5 Å². The van der Waals surface area contributed by atoms with E-state index >= 15 is 0 Å². The molecule has 0 radical (unpaired) electrons. The fourth-order valence-corrected chi connectivity index (χ4v) is 2.20. The number of benzene rings is 1. The van der Waals surface area contributed by atoms with Gasteiger partial charge in [0.25, 0.3) is 0 Å². The fourth-order valence-electron chi connectivity index (χ4n) is 1.61. The van der Waals surface area contributed by atoms with E-state index in [0.717, 1.165) is 0 Å². The maximum atomic E-state index is 13.8. The molecule has 0 aromatic heterocycles. The number of methoxy groups -OCH3 is 1. The lowest BCUT2D eigenvalue weighted by atomic mass is 10.1. The Kier molecular flexibility index (Phi) is 5.71. The average Bonchev–Trinajstić information content (AvgIpc) is 2.38. The van der Waals surface area contributed by atoms with Gasteiger partial charge in [-0.2, -0.15) is 0 Å². The first-order chi connectivity index (χ1) is 8.89. The number of hydrogen-bond acceptors (Lipinski definition) is 4. The molecule has 0 heterocycles. The molecule has 0 fully saturated rings. The quantitative estimate of drug-likeness (QED) is 0.787. The Morgan fingerprint density at radius 3 is 2.63 bits per heavy atom. The van der Waals surface area contributed by atoms with E-state index in [0.29, 0.717) is 11.3 Å². The summed E-state index contributed by atoms with van der Waals surface area (Å²) in [6, 6.07) is 4.31. The van der Waals surface area contributed by atoms with Crippen molar-refractivity contribution in [3.05, 3.63) is 29.6 Å². The molecule has 7 heteroatoms. The van der Waals surface area contributed by atoms with Gasteiger partial charge in [-0.05, 0) is 20.0 Å². The molecule has 1 aromatic rings. The van der Waals surface area contributed by atoms with Crippen molar-refractivity contribution in [3.63, 3.8) is 0 Å². The summed E-state index contributed by atoms with van der Waals surface area (Å²) >= 11 is 0. The van der Waals surface area contributed by atoms with Gasteiger partial charge in [-0.1, -0.05) is 6.07 Å². The second-order valence-corrected chi connectivity index (χ2v) is 6.13. The highest BCUT2D eigenvalue weighted by Gasteiger charge is 2.13. The average molecular weight is 290 g/mol. The van der Waals surface area contributed by atoms with E-state index < -0.39 is 10.0 Å². The SMILES string of the molecule is CNS(=O)(=O)CCNC(C)c1ccc(OC)cc1F. The molecule has 0 aliphatic rings. The van der Waals surface area contributed by atoms with Crippen molar-refractivity contribution in [2.45, 2.75) is 13.0 Å². The second kappa shape index (κ2) is 6.83. The summed E-state index contributed by atoms with van der Waals surface area (Å²) in [4.78, 5) is 0. The van der Waals surface area contributed by atoms with E-state index in [9.17, 15) is 12.8 Å². The smallest absolute Gasteiger partial charge is 0.212 e. The molecule has 0 aliphatic carbocycles. The Labute approximate surface area is 113 Å². The van der Waals surface area contributed by atoms with Crippen LogP contribution in [0.25, 0.3) is 0 Å². The van der Waals surface area contributed by atoms with E-state index in [4.69, 9.17) is 4.74 Å². The lowest BCUT2D eigenvalue weighted by molar-refractivity contribution is 0.409. The second-order valence-electron chi connectivity index (χ2n) is 4.09. The first-order valence-corrected chi connectivity index (χ1v) is 7.53. The van der Waals surface area contributed by atoms with Crippen LogP contribution >= 0.6 is 0 Å². The molecule has 1 aromatic carbocycles. The van der Waals surface area contributed by atoms with E-state index in [2.05, 4.69) is 10.0 Å². The van der Waals surface area contributed by atoms with Gasteiger partial charge in [0.2, 0.25) is 10.0 Å². The summed E-state index contributed by atoms with van der Waals surface area (Å²) in [6.07, 6.45) is 0. The highest BCUT2D eigenvalue weighted by molar-refractivity contribution is 7.89. The maximum absolute atomic E-state index is 13.8. The molecule has 5 nitrogen and oxygen atoms in total. The van der Waals surface area contributed by atoms with Crippen molar-refractivity contribution in [1.82, 2.24) is 10.0 Å². The zero-order valence-electron chi connectivity index (χ0n) is 11.2. The number of halogens is 1. The van der Waals surface area contributed by atoms with Gasteiger partial charge in [0.1, 0.15) is 11.6 Å². The van der Waals surface area contributed by atoms with Gasteiger partial charge in [0.05, 0.1) is 12.9 Å². The number of rotatable bonds is 7. The molecule has 1 rings (SSSR count). The predicted octanol–water partition coefficient (Wildman–Crippen LogP) is 1.03. The molecule has 1 unspecified atom stereocenters. The van der Waals surface area contributed by atoms with Crippen LogP contribution in [0.5, 0.6) is 5.75 Å². The van der Waals surface area contributed by atoms with Crippen molar-refractivity contribution in [3.8, 4) is 5.75 Å². The van der Waals surface area contributed by atoms with Gasteiger partial charge in [-0.15, -0.1) is 0 Å². The number of sulfonamides is 1. The Morgan fingerprint density at radius 1 is 1.42 bits per heavy atom. The summed E-state index contributed by atoms with van der Waals surface area (Å²) in [7, 11) is -0.410. The van der Waals surface area contributed by atoms with Gasteiger partial charge in [0, 0.05) is 24.2 Å². The number of nitrogens with one attached hydrogen (secondary N) is 2. The lowest BCUT2D eigenvalue weighted by Crippen LogP contribution is -2.31. The van der Waals surface area contributed by atoms with Gasteiger partial charge >= 0.3 is 0 Å². The minimum atomic E-state index is -3.24. The van der Waals surface area contributed by atoms with Crippen molar-refractivity contribution in [1.29, 1.82) is 0 Å². The molecule has 0 bridgehead atoms. The summed E-state index contributed by atoms with van der Waals surface area (Å²) in [5.74, 6) is 0.0213. The number of hydrogen-bond donors (Lipinski definition) is 2. The van der Waals surface area contributed by atoms with E-state index in [-0.39, 0.29) is 24.2 Å². The topological polar surface area (TPSA) is 67.4 Å². The highest BCUT2D eigenvalue weighted by Crippen LogP contribution is 2.21. The molecule has 0 spiro atoms. The van der Waals surface area contributed by atoms with Gasteiger partial charge in [0.15, 0.2) is 0 Å². The molecule has 0 saturated carbocycles. The summed E-state index contributed by atoms with van der Waals surface area (Å²) in [6.45, 7) is 2.02. The largest absolute Gasteiger partial charge is 0.497 e. The van der Waals surface area contributed by atoms with Crippen molar-refractivity contribution in [2.24, 2.45) is 0 Å². The Morgan fingerprint density at radius 2 is 2.11 bits per heavy atom. The summed E-state index contributed by atoms with van der Waals surface area (Å²) in [5, 5.41) is 2.97. The van der Waals surface area contributed by atoms with E-state index in [1.54, 1.807) is 19.1 Å². The molecule has 0 amide bonds. The molecule has 1 atom stereocenters. The van der Waals surface area contributed by atoms with E-state index in [1.165, 1.54) is 20.2 Å². The lowest BCUT2D eigenvalue weighted by Gasteiger charge is -2.15. The van der Waals surface area contributed by atoms with Crippen LogP contribution in [0.4, 0.5) is 4.39 Å². The minimum absolute atomic E-state index is 0.0500. The summed E-state index contributed by atoms with van der Waals surface area (Å²) < 4.78 is 43.4. The Bertz CT molecular complexity index is 520. The van der Waals surface area contributed by atoms with Crippen LogP contribution < -0.4 is 14.8 Å². The van der Waals surface area contributed by atoms with Crippen LogP contribution in [0.3, 0.4) is 0 Å². The van der Waals surface area contributed by atoms with Crippen LogP contribution in [0.15, 0.2) is 18.2 Å². The van der Waals surface area contributed by atoms with Crippen LogP contribution in [0, 0.1) is 5.82 Å². The maximum Gasteiger partial charge on any atom is 0.212 e. The van der Waals surface area contributed by atoms with Crippen LogP contribution in [0.1, 0.15) is 18.5 Å². The number of ether oxygens (including phenoxy) is 1. The standard InChI is InChI=1S/C12H19FN2O3S/c1-9(15-6-7-19(16,17)14-2)11-5-4-10(18-3)8-12(11)13/h4-5,8-9,14-15H,6-7H2,1-3H3. The van der Waals surface area contributed by atoms with Crippen LogP contribution in [0.2, 0.25) is 0 Å². The molecule has 108 valence electrons. The van der Waals surface area contributed by atoms with Gasteiger partial charge in [-0.3, -0.25) is 0 Å². The predicted molar refractivity (Wildman–Crippen MR) is 72.2 cm³/mol. The Balaban J connectivity index is 2.61. The normalized spacial score (nSPS) is 13.3. The monoisotopic (exact) mass is 290 g/mol. The molecule has 0 saturated heterocycles. The third kappa shape index (κ3) is 4.77. The Hall–Kier alpha value is -1.18. The third-order valence-corrected chi connectivity index (χ3v) is 4.17. The first kappa shape index (κ1) is 15.9. The molecule has 2 N–H and O–H groups in total. The molecule has 0 aliphatic heterocycles. The third-order valence-electron chi connectivity index (χ3n) is 2.81. The molecule has 19 heavy (non-hydrogen) atoms.